The predicted octanol–water partition coefficient (Wildman–Crippen LogP) is 5.05. The molecule has 2 aliphatic heterocycles. The van der Waals surface area contributed by atoms with Crippen LogP contribution in [0.3, 0.4) is 0 Å². The second-order valence-corrected chi connectivity index (χ2v) is 7.09. The van der Waals surface area contributed by atoms with Crippen LogP contribution in [0.25, 0.3) is 10.8 Å². The minimum absolute atomic E-state index is 0.0174. The summed E-state index contributed by atoms with van der Waals surface area (Å²) in [5, 5.41) is 6.88. The zero-order valence-corrected chi connectivity index (χ0v) is 14.9. The molecule has 0 saturated carbocycles. The van der Waals surface area contributed by atoms with E-state index < -0.39 is 0 Å². The molecule has 0 radical (unpaired) electrons. The summed E-state index contributed by atoms with van der Waals surface area (Å²) < 4.78 is 0. The largest absolute Gasteiger partial charge is 0.340 e. The Morgan fingerprint density at radius 2 is 1.65 bits per heavy atom. The van der Waals surface area contributed by atoms with Gasteiger partial charge >= 0.3 is 6.03 Å². The highest BCUT2D eigenvalue weighted by Crippen LogP contribution is 2.44. The van der Waals surface area contributed by atoms with Gasteiger partial charge in [0.2, 0.25) is 0 Å². The van der Waals surface area contributed by atoms with Crippen molar-refractivity contribution in [3.05, 3.63) is 77.3 Å². The summed E-state index contributed by atoms with van der Waals surface area (Å²) in [6.45, 7) is 1.60. The molecule has 0 aromatic heterocycles. The van der Waals surface area contributed by atoms with Gasteiger partial charge in [-0.2, -0.15) is 5.01 Å². The molecule has 3 aromatic carbocycles. The number of fused-ring (bicyclic) bond motifs is 2. The van der Waals surface area contributed by atoms with Crippen molar-refractivity contribution in [2.45, 2.75) is 12.6 Å². The number of urea groups is 1. The standard InChI is InChI=1S/C21H18ClN3O/c22-18-11-4-3-10-17(18)20-23-13-6-14-24(23)21(26)25(20)19-12-5-8-15-7-1-2-9-16(15)19/h1-5,7-12,20H,6,13-14H2/t20-/m0/s1. The number of carbonyl (C=O) groups is 1. The van der Waals surface area contributed by atoms with Gasteiger partial charge in [-0.15, -0.1) is 0 Å². The number of anilines is 1. The van der Waals surface area contributed by atoms with E-state index in [2.05, 4.69) is 23.2 Å². The molecular weight excluding hydrogens is 346 g/mol. The van der Waals surface area contributed by atoms with E-state index in [4.69, 9.17) is 11.6 Å². The Labute approximate surface area is 157 Å². The van der Waals surface area contributed by atoms with Gasteiger partial charge in [0, 0.05) is 29.1 Å². The molecule has 4 nitrogen and oxygen atoms in total. The fourth-order valence-electron chi connectivity index (χ4n) is 4.09. The van der Waals surface area contributed by atoms with Crippen LogP contribution in [-0.2, 0) is 0 Å². The zero-order chi connectivity index (χ0) is 17.7. The summed E-state index contributed by atoms with van der Waals surface area (Å²) in [6.07, 6.45) is 0.764. The molecule has 5 rings (SSSR count). The van der Waals surface area contributed by atoms with E-state index in [0.717, 1.165) is 41.5 Å². The van der Waals surface area contributed by atoms with Crippen molar-refractivity contribution < 1.29 is 4.79 Å². The lowest BCUT2D eigenvalue weighted by atomic mass is 10.1. The van der Waals surface area contributed by atoms with Crippen molar-refractivity contribution in [2.75, 3.05) is 18.0 Å². The van der Waals surface area contributed by atoms with Crippen molar-refractivity contribution in [1.82, 2.24) is 10.0 Å². The smallest absolute Gasteiger partial charge is 0.270 e. The normalized spacial score (nSPS) is 20.2. The minimum atomic E-state index is -0.218. The quantitative estimate of drug-likeness (QED) is 0.636. The number of rotatable bonds is 2. The van der Waals surface area contributed by atoms with Crippen molar-refractivity contribution in [1.29, 1.82) is 0 Å². The van der Waals surface area contributed by atoms with Gasteiger partial charge in [-0.3, -0.25) is 9.91 Å². The van der Waals surface area contributed by atoms with Gasteiger partial charge in [0.05, 0.1) is 5.69 Å². The zero-order valence-electron chi connectivity index (χ0n) is 14.2. The van der Waals surface area contributed by atoms with Crippen LogP contribution >= 0.6 is 11.6 Å². The Kier molecular flexibility index (Phi) is 3.62. The van der Waals surface area contributed by atoms with Gasteiger partial charge in [-0.25, -0.2) is 4.79 Å². The van der Waals surface area contributed by atoms with E-state index in [1.165, 1.54) is 0 Å². The molecule has 0 N–H and O–H groups in total. The van der Waals surface area contributed by atoms with E-state index >= 15 is 0 Å². The van der Waals surface area contributed by atoms with Gasteiger partial charge < -0.3 is 0 Å². The second kappa shape index (κ2) is 6.01. The lowest BCUT2D eigenvalue weighted by Gasteiger charge is -2.29. The van der Waals surface area contributed by atoms with Gasteiger partial charge in [0.25, 0.3) is 0 Å². The number of nitrogens with zero attached hydrogens (tertiary/aromatic N) is 3. The van der Waals surface area contributed by atoms with E-state index in [0.29, 0.717) is 5.02 Å². The summed E-state index contributed by atoms with van der Waals surface area (Å²) in [7, 11) is 0. The predicted molar refractivity (Wildman–Crippen MR) is 104 cm³/mol. The maximum absolute atomic E-state index is 13.3. The molecule has 5 heteroatoms. The molecule has 0 spiro atoms. The number of carbonyl (C=O) groups excluding carboxylic acids is 1. The molecule has 130 valence electrons. The Balaban J connectivity index is 1.73. The first-order valence-electron chi connectivity index (χ1n) is 8.85. The SMILES string of the molecule is O=C1N(c2cccc3ccccc23)[C@@H](c2ccccc2Cl)N2CCCN12. The Morgan fingerprint density at radius 1 is 0.885 bits per heavy atom. The number of hydrogen-bond acceptors (Lipinski definition) is 2. The summed E-state index contributed by atoms with van der Waals surface area (Å²) in [4.78, 5) is 15.2. The van der Waals surface area contributed by atoms with Crippen molar-refractivity contribution in [3.8, 4) is 0 Å². The van der Waals surface area contributed by atoms with E-state index in [1.807, 2.05) is 58.4 Å². The molecule has 0 unspecified atom stereocenters. The van der Waals surface area contributed by atoms with Crippen molar-refractivity contribution in [2.24, 2.45) is 0 Å². The van der Waals surface area contributed by atoms with Crippen LogP contribution < -0.4 is 4.90 Å². The number of halogens is 1. The molecule has 26 heavy (non-hydrogen) atoms. The summed E-state index contributed by atoms with van der Waals surface area (Å²) in [5.74, 6) is 0. The lowest BCUT2D eigenvalue weighted by Crippen LogP contribution is -2.32. The van der Waals surface area contributed by atoms with Crippen molar-refractivity contribution in [3.63, 3.8) is 0 Å². The number of benzene rings is 3. The van der Waals surface area contributed by atoms with Gasteiger partial charge in [-0.1, -0.05) is 66.2 Å². The highest BCUT2D eigenvalue weighted by atomic mass is 35.5. The summed E-state index contributed by atoms with van der Waals surface area (Å²) >= 11 is 6.53. The van der Waals surface area contributed by atoms with Crippen molar-refractivity contribution >= 4 is 34.1 Å². The fourth-order valence-corrected chi connectivity index (χ4v) is 4.32. The first-order valence-corrected chi connectivity index (χ1v) is 9.23. The van der Waals surface area contributed by atoms with E-state index in [-0.39, 0.29) is 12.2 Å². The molecule has 0 aliphatic carbocycles. The molecule has 0 bridgehead atoms. The monoisotopic (exact) mass is 363 g/mol. The molecule has 2 aliphatic rings. The Hall–Kier alpha value is -2.56. The first kappa shape index (κ1) is 15.7. The van der Waals surface area contributed by atoms with Crippen LogP contribution in [0.15, 0.2) is 66.7 Å². The third-order valence-electron chi connectivity index (χ3n) is 5.23. The number of hydrazine groups is 1. The Morgan fingerprint density at radius 3 is 2.54 bits per heavy atom. The third kappa shape index (κ3) is 2.23. The van der Waals surface area contributed by atoms with Crippen LogP contribution in [0.2, 0.25) is 5.02 Å². The molecule has 3 aromatic rings. The highest BCUT2D eigenvalue weighted by Gasteiger charge is 2.48. The second-order valence-electron chi connectivity index (χ2n) is 6.69. The van der Waals surface area contributed by atoms with Crippen LogP contribution in [0.1, 0.15) is 18.2 Å². The number of hydrogen-bond donors (Lipinski definition) is 0. The summed E-state index contributed by atoms with van der Waals surface area (Å²) in [6, 6.07) is 22.1. The molecule has 2 amide bonds. The topological polar surface area (TPSA) is 26.8 Å². The van der Waals surface area contributed by atoms with E-state index in [1.54, 1.807) is 0 Å². The van der Waals surface area contributed by atoms with Crippen LogP contribution in [0.5, 0.6) is 0 Å². The van der Waals surface area contributed by atoms with Gasteiger partial charge in [0.15, 0.2) is 0 Å². The van der Waals surface area contributed by atoms with E-state index in [9.17, 15) is 4.79 Å². The number of amides is 2. The molecule has 2 fully saturated rings. The molecule has 2 heterocycles. The molecular formula is C21H18ClN3O. The maximum atomic E-state index is 13.3. The van der Waals surface area contributed by atoms with Crippen LogP contribution in [-0.4, -0.2) is 29.1 Å². The Bertz CT molecular complexity index is 1000. The average molecular weight is 364 g/mol. The first-order chi connectivity index (χ1) is 12.8. The maximum Gasteiger partial charge on any atom is 0.340 e. The summed E-state index contributed by atoms with van der Waals surface area (Å²) in [5.41, 5.74) is 1.88. The lowest BCUT2D eigenvalue weighted by molar-refractivity contribution is 0.0728. The van der Waals surface area contributed by atoms with Crippen LogP contribution in [0.4, 0.5) is 10.5 Å². The van der Waals surface area contributed by atoms with Gasteiger partial charge in [0.1, 0.15) is 6.17 Å². The minimum Gasteiger partial charge on any atom is -0.270 e. The third-order valence-corrected chi connectivity index (χ3v) is 5.57. The molecule has 1 atom stereocenters. The average Bonchev–Trinajstić information content (AvgIpc) is 3.24. The molecule has 2 saturated heterocycles. The highest BCUT2D eigenvalue weighted by molar-refractivity contribution is 6.31. The van der Waals surface area contributed by atoms with Gasteiger partial charge in [-0.05, 0) is 23.9 Å². The fraction of sp³-hybridized carbons (Fsp3) is 0.190. The van der Waals surface area contributed by atoms with Crippen LogP contribution in [0, 0.1) is 0 Å².